The SMILES string of the molecule is CCCCCCCC/C=C\CCCCCCCCOCCCO. The Balaban J connectivity index is 3.02. The first-order valence-corrected chi connectivity index (χ1v) is 10.3. The van der Waals surface area contributed by atoms with Gasteiger partial charge in [-0.3, -0.25) is 0 Å². The van der Waals surface area contributed by atoms with Crippen molar-refractivity contribution in [1.82, 2.24) is 0 Å². The van der Waals surface area contributed by atoms with Gasteiger partial charge in [0.2, 0.25) is 0 Å². The maximum atomic E-state index is 8.63. The van der Waals surface area contributed by atoms with Gasteiger partial charge in [0, 0.05) is 19.8 Å². The quantitative estimate of drug-likeness (QED) is 0.219. The Morgan fingerprint density at radius 2 is 1.09 bits per heavy atom. The third-order valence-corrected chi connectivity index (χ3v) is 4.25. The maximum absolute atomic E-state index is 8.63. The van der Waals surface area contributed by atoms with Gasteiger partial charge in [0.1, 0.15) is 0 Å². The molecule has 0 unspecified atom stereocenters. The molecule has 0 aromatic rings. The van der Waals surface area contributed by atoms with Crippen molar-refractivity contribution in [2.75, 3.05) is 19.8 Å². The van der Waals surface area contributed by atoms with Crippen LogP contribution in [0.1, 0.15) is 103 Å². The van der Waals surface area contributed by atoms with Gasteiger partial charge in [-0.05, 0) is 38.5 Å². The van der Waals surface area contributed by atoms with Crippen molar-refractivity contribution >= 4 is 0 Å². The standard InChI is InChI=1S/C21H42O2/c1-2-3-4-5-6-7-8-9-10-11-12-13-14-15-16-17-20-23-21-18-19-22/h9-10,22H,2-8,11-21H2,1H3/b10-9-. The predicted octanol–water partition coefficient (Wildman–Crippen LogP) is 6.42. The highest BCUT2D eigenvalue weighted by Crippen LogP contribution is 2.09. The Bertz CT molecular complexity index is 226. The molecule has 0 amide bonds. The second-order valence-corrected chi connectivity index (χ2v) is 6.63. The second-order valence-electron chi connectivity index (χ2n) is 6.63. The highest BCUT2D eigenvalue weighted by molar-refractivity contribution is 4.81. The molecule has 23 heavy (non-hydrogen) atoms. The van der Waals surface area contributed by atoms with Crippen molar-refractivity contribution in [1.29, 1.82) is 0 Å². The van der Waals surface area contributed by atoms with Crippen LogP contribution in [0.25, 0.3) is 0 Å². The van der Waals surface area contributed by atoms with Gasteiger partial charge in [0.05, 0.1) is 0 Å². The minimum atomic E-state index is 0.243. The van der Waals surface area contributed by atoms with Gasteiger partial charge in [0.15, 0.2) is 0 Å². The number of unbranched alkanes of at least 4 members (excludes halogenated alkanes) is 12. The molecule has 0 aliphatic carbocycles. The molecule has 0 aromatic heterocycles. The van der Waals surface area contributed by atoms with Crippen molar-refractivity contribution in [3.63, 3.8) is 0 Å². The normalized spacial score (nSPS) is 11.6. The zero-order valence-corrected chi connectivity index (χ0v) is 15.7. The average Bonchev–Trinajstić information content (AvgIpc) is 2.57. The number of ether oxygens (including phenoxy) is 1. The smallest absolute Gasteiger partial charge is 0.0487 e. The van der Waals surface area contributed by atoms with Gasteiger partial charge >= 0.3 is 0 Å². The van der Waals surface area contributed by atoms with E-state index in [0.29, 0.717) is 6.61 Å². The minimum absolute atomic E-state index is 0.243. The van der Waals surface area contributed by atoms with Gasteiger partial charge in [-0.1, -0.05) is 76.9 Å². The average molecular weight is 327 g/mol. The summed E-state index contributed by atoms with van der Waals surface area (Å²) in [4.78, 5) is 0. The molecule has 0 spiro atoms. The summed E-state index contributed by atoms with van der Waals surface area (Å²) in [6, 6.07) is 0. The molecule has 1 N–H and O–H groups in total. The number of hydrogen-bond acceptors (Lipinski definition) is 2. The van der Waals surface area contributed by atoms with E-state index in [1.165, 1.54) is 89.9 Å². The minimum Gasteiger partial charge on any atom is -0.396 e. The lowest BCUT2D eigenvalue weighted by Crippen LogP contribution is -1.98. The maximum Gasteiger partial charge on any atom is 0.0487 e. The van der Waals surface area contributed by atoms with E-state index in [2.05, 4.69) is 19.1 Å². The lowest BCUT2D eigenvalue weighted by atomic mass is 10.1. The summed E-state index contributed by atoms with van der Waals surface area (Å²) in [5.41, 5.74) is 0. The number of aliphatic hydroxyl groups excluding tert-OH is 1. The monoisotopic (exact) mass is 326 g/mol. The predicted molar refractivity (Wildman–Crippen MR) is 102 cm³/mol. The van der Waals surface area contributed by atoms with E-state index in [-0.39, 0.29) is 6.61 Å². The van der Waals surface area contributed by atoms with Crippen LogP contribution in [0.15, 0.2) is 12.2 Å². The summed E-state index contributed by atoms with van der Waals surface area (Å²) in [5.74, 6) is 0. The summed E-state index contributed by atoms with van der Waals surface area (Å²) < 4.78 is 5.42. The molecule has 0 atom stereocenters. The highest BCUT2D eigenvalue weighted by atomic mass is 16.5. The van der Waals surface area contributed by atoms with E-state index in [1.807, 2.05) is 0 Å². The first-order chi connectivity index (χ1) is 11.4. The second kappa shape index (κ2) is 21.7. The molecule has 0 bridgehead atoms. The number of rotatable bonds is 19. The number of hydrogen-bond donors (Lipinski definition) is 1. The van der Waals surface area contributed by atoms with Gasteiger partial charge < -0.3 is 9.84 Å². The van der Waals surface area contributed by atoms with E-state index >= 15 is 0 Å². The van der Waals surface area contributed by atoms with E-state index in [1.54, 1.807) is 0 Å². The van der Waals surface area contributed by atoms with E-state index in [0.717, 1.165) is 13.0 Å². The first-order valence-electron chi connectivity index (χ1n) is 10.3. The molecule has 0 aliphatic heterocycles. The Morgan fingerprint density at radius 3 is 1.65 bits per heavy atom. The van der Waals surface area contributed by atoms with Gasteiger partial charge in [-0.25, -0.2) is 0 Å². The topological polar surface area (TPSA) is 29.5 Å². The molecular formula is C21H42O2. The third-order valence-electron chi connectivity index (χ3n) is 4.25. The zero-order chi connectivity index (χ0) is 16.8. The first kappa shape index (κ1) is 22.7. The fraction of sp³-hybridized carbons (Fsp3) is 0.905. The van der Waals surface area contributed by atoms with Crippen LogP contribution in [0.3, 0.4) is 0 Å². The van der Waals surface area contributed by atoms with Crippen molar-refractivity contribution < 1.29 is 9.84 Å². The lowest BCUT2D eigenvalue weighted by Gasteiger charge is -2.03. The third kappa shape index (κ3) is 21.7. The van der Waals surface area contributed by atoms with Crippen LogP contribution >= 0.6 is 0 Å². The number of allylic oxidation sites excluding steroid dienone is 2. The van der Waals surface area contributed by atoms with Crippen LogP contribution in [-0.4, -0.2) is 24.9 Å². The number of aliphatic hydroxyl groups is 1. The molecule has 2 heteroatoms. The summed E-state index contributed by atoms with van der Waals surface area (Å²) in [6.45, 7) is 4.09. The van der Waals surface area contributed by atoms with Crippen molar-refractivity contribution in [2.24, 2.45) is 0 Å². The summed E-state index contributed by atoms with van der Waals surface area (Å²) in [5, 5.41) is 8.63. The van der Waals surface area contributed by atoms with Crippen LogP contribution in [0.2, 0.25) is 0 Å². The van der Waals surface area contributed by atoms with Gasteiger partial charge in [0.25, 0.3) is 0 Å². The Hall–Kier alpha value is -0.340. The van der Waals surface area contributed by atoms with Crippen LogP contribution in [0.4, 0.5) is 0 Å². The molecule has 0 saturated heterocycles. The zero-order valence-electron chi connectivity index (χ0n) is 15.7. The van der Waals surface area contributed by atoms with Crippen LogP contribution in [0.5, 0.6) is 0 Å². The van der Waals surface area contributed by atoms with Crippen LogP contribution < -0.4 is 0 Å². The van der Waals surface area contributed by atoms with Crippen LogP contribution in [0, 0.1) is 0 Å². The Morgan fingerprint density at radius 1 is 0.609 bits per heavy atom. The summed E-state index contributed by atoms with van der Waals surface area (Å²) >= 11 is 0. The fourth-order valence-electron chi connectivity index (χ4n) is 2.72. The lowest BCUT2D eigenvalue weighted by molar-refractivity contribution is 0.112. The van der Waals surface area contributed by atoms with Gasteiger partial charge in [-0.2, -0.15) is 0 Å². The van der Waals surface area contributed by atoms with Crippen molar-refractivity contribution in [2.45, 2.75) is 103 Å². The molecular weight excluding hydrogens is 284 g/mol. The van der Waals surface area contributed by atoms with E-state index in [4.69, 9.17) is 9.84 Å². The van der Waals surface area contributed by atoms with E-state index < -0.39 is 0 Å². The van der Waals surface area contributed by atoms with Crippen LogP contribution in [-0.2, 0) is 4.74 Å². The molecule has 0 aromatic carbocycles. The molecule has 0 saturated carbocycles. The molecule has 2 nitrogen and oxygen atoms in total. The highest BCUT2D eigenvalue weighted by Gasteiger charge is 1.92. The van der Waals surface area contributed by atoms with Crippen molar-refractivity contribution in [3.05, 3.63) is 12.2 Å². The van der Waals surface area contributed by atoms with Crippen molar-refractivity contribution in [3.8, 4) is 0 Å². The Labute approximate surface area is 145 Å². The molecule has 0 rings (SSSR count). The Kier molecular flexibility index (Phi) is 21.3. The molecule has 0 heterocycles. The molecule has 0 fully saturated rings. The molecule has 0 aliphatic rings. The van der Waals surface area contributed by atoms with Gasteiger partial charge in [-0.15, -0.1) is 0 Å². The fourth-order valence-corrected chi connectivity index (χ4v) is 2.72. The largest absolute Gasteiger partial charge is 0.396 e. The summed E-state index contributed by atoms with van der Waals surface area (Å²) in [6.07, 6.45) is 24.4. The summed E-state index contributed by atoms with van der Waals surface area (Å²) in [7, 11) is 0. The molecule has 0 radical (unpaired) electrons. The molecule has 138 valence electrons. The van der Waals surface area contributed by atoms with E-state index in [9.17, 15) is 0 Å².